The van der Waals surface area contributed by atoms with Gasteiger partial charge < -0.3 is 19.6 Å². The van der Waals surface area contributed by atoms with Crippen LogP contribution in [0.1, 0.15) is 12.7 Å². The van der Waals surface area contributed by atoms with Crippen LogP contribution in [0.4, 0.5) is 0 Å². The Balaban J connectivity index is 1.85. The summed E-state index contributed by atoms with van der Waals surface area (Å²) >= 11 is 0. The number of aromatic nitrogens is 2. The highest BCUT2D eigenvalue weighted by atomic mass is 16.7. The van der Waals surface area contributed by atoms with Gasteiger partial charge in [0.2, 0.25) is 6.79 Å². The minimum absolute atomic E-state index is 0.157. The minimum atomic E-state index is 0.157. The smallest absolute Gasteiger partial charge is 0.231 e. The fourth-order valence-electron chi connectivity index (χ4n) is 2.23. The second-order valence-electron chi connectivity index (χ2n) is 4.50. The van der Waals surface area contributed by atoms with Crippen molar-refractivity contribution in [1.29, 1.82) is 0 Å². The molecule has 2 N–H and O–H groups in total. The summed E-state index contributed by atoms with van der Waals surface area (Å²) in [5, 5.41) is 8.99. The van der Waals surface area contributed by atoms with Crippen LogP contribution in [0.3, 0.4) is 0 Å². The molecule has 6 nitrogen and oxygen atoms in total. The van der Waals surface area contributed by atoms with E-state index in [1.165, 1.54) is 0 Å². The molecule has 6 heteroatoms. The Morgan fingerprint density at radius 1 is 1.37 bits per heavy atom. The standard InChI is InChI=1S/C13H17N3O3/c1-2-16(3-4-17)7-13-14-9-5-11-12(19-8-18-11)6-10(9)15-13/h5-6,17H,2-4,7-8H2,1H3,(H,14,15). The third-order valence-electron chi connectivity index (χ3n) is 3.26. The van der Waals surface area contributed by atoms with Crippen LogP contribution in [0.5, 0.6) is 11.5 Å². The van der Waals surface area contributed by atoms with Crippen molar-refractivity contribution in [3.63, 3.8) is 0 Å². The summed E-state index contributed by atoms with van der Waals surface area (Å²) in [6, 6.07) is 3.80. The van der Waals surface area contributed by atoms with E-state index < -0.39 is 0 Å². The van der Waals surface area contributed by atoms with E-state index in [1.54, 1.807) is 0 Å². The molecule has 1 aromatic carbocycles. The lowest BCUT2D eigenvalue weighted by molar-refractivity contribution is 0.174. The summed E-state index contributed by atoms with van der Waals surface area (Å²) in [6.45, 7) is 4.71. The normalized spacial score (nSPS) is 13.6. The molecule has 0 radical (unpaired) electrons. The van der Waals surface area contributed by atoms with Crippen molar-refractivity contribution in [2.45, 2.75) is 13.5 Å². The average molecular weight is 263 g/mol. The predicted molar refractivity (Wildman–Crippen MR) is 70.3 cm³/mol. The van der Waals surface area contributed by atoms with E-state index in [2.05, 4.69) is 21.8 Å². The second kappa shape index (κ2) is 5.07. The fraction of sp³-hybridized carbons (Fsp3) is 0.462. The number of H-pyrrole nitrogens is 1. The average Bonchev–Trinajstić information content (AvgIpc) is 3.00. The van der Waals surface area contributed by atoms with Gasteiger partial charge in [0.05, 0.1) is 24.2 Å². The van der Waals surface area contributed by atoms with Gasteiger partial charge in [-0.1, -0.05) is 6.92 Å². The van der Waals surface area contributed by atoms with Crippen molar-refractivity contribution < 1.29 is 14.6 Å². The largest absolute Gasteiger partial charge is 0.454 e. The first-order valence-corrected chi connectivity index (χ1v) is 6.41. The van der Waals surface area contributed by atoms with E-state index in [4.69, 9.17) is 14.6 Å². The maximum atomic E-state index is 8.99. The van der Waals surface area contributed by atoms with E-state index in [0.29, 0.717) is 13.1 Å². The van der Waals surface area contributed by atoms with Gasteiger partial charge in [0.1, 0.15) is 5.82 Å². The molecule has 1 aliphatic heterocycles. The van der Waals surface area contributed by atoms with Gasteiger partial charge in [-0.05, 0) is 6.54 Å². The van der Waals surface area contributed by atoms with Crippen LogP contribution in [0.25, 0.3) is 11.0 Å². The molecule has 1 aromatic heterocycles. The van der Waals surface area contributed by atoms with Crippen molar-refractivity contribution >= 4 is 11.0 Å². The van der Waals surface area contributed by atoms with Crippen LogP contribution in [-0.2, 0) is 6.54 Å². The number of aliphatic hydroxyl groups excluding tert-OH is 1. The number of aliphatic hydroxyl groups is 1. The SMILES string of the molecule is CCN(CCO)Cc1nc2cc3c(cc2[nH]1)OCO3. The first kappa shape index (κ1) is 12.3. The highest BCUT2D eigenvalue weighted by molar-refractivity contribution is 5.80. The van der Waals surface area contributed by atoms with Crippen molar-refractivity contribution in [2.75, 3.05) is 26.5 Å². The molecule has 0 amide bonds. The highest BCUT2D eigenvalue weighted by Crippen LogP contribution is 2.35. The molecule has 0 spiro atoms. The molecular formula is C13H17N3O3. The number of fused-ring (bicyclic) bond motifs is 2. The van der Waals surface area contributed by atoms with E-state index in [-0.39, 0.29) is 13.4 Å². The second-order valence-corrected chi connectivity index (χ2v) is 4.50. The Morgan fingerprint density at radius 2 is 2.16 bits per heavy atom. The number of ether oxygens (including phenoxy) is 2. The molecule has 1 aliphatic rings. The monoisotopic (exact) mass is 263 g/mol. The topological polar surface area (TPSA) is 70.6 Å². The molecule has 0 saturated carbocycles. The van der Waals surface area contributed by atoms with Crippen LogP contribution >= 0.6 is 0 Å². The zero-order chi connectivity index (χ0) is 13.2. The maximum absolute atomic E-state index is 8.99. The van der Waals surface area contributed by atoms with Gasteiger partial charge >= 0.3 is 0 Å². The molecule has 0 fully saturated rings. The molecule has 0 atom stereocenters. The molecule has 2 aromatic rings. The molecule has 2 heterocycles. The first-order chi connectivity index (χ1) is 9.30. The maximum Gasteiger partial charge on any atom is 0.231 e. The summed E-state index contributed by atoms with van der Waals surface area (Å²) in [4.78, 5) is 9.95. The van der Waals surface area contributed by atoms with Crippen molar-refractivity contribution in [2.24, 2.45) is 0 Å². The van der Waals surface area contributed by atoms with Crippen molar-refractivity contribution in [3.05, 3.63) is 18.0 Å². The third kappa shape index (κ3) is 2.36. The summed E-state index contributed by atoms with van der Waals surface area (Å²) in [7, 11) is 0. The summed E-state index contributed by atoms with van der Waals surface area (Å²) < 4.78 is 10.7. The Labute approximate surface area is 111 Å². The number of hydrogen-bond donors (Lipinski definition) is 2. The lowest BCUT2D eigenvalue weighted by atomic mass is 10.3. The van der Waals surface area contributed by atoms with Gasteiger partial charge in [-0.2, -0.15) is 0 Å². The van der Waals surface area contributed by atoms with Crippen molar-refractivity contribution in [3.8, 4) is 11.5 Å². The van der Waals surface area contributed by atoms with Gasteiger partial charge in [0, 0.05) is 18.7 Å². The molecule has 0 unspecified atom stereocenters. The minimum Gasteiger partial charge on any atom is -0.454 e. The molecule has 0 aliphatic carbocycles. The number of nitrogens with zero attached hydrogens (tertiary/aromatic N) is 2. The van der Waals surface area contributed by atoms with Crippen LogP contribution in [0.15, 0.2) is 12.1 Å². The quantitative estimate of drug-likeness (QED) is 0.845. The number of imidazole rings is 1. The first-order valence-electron chi connectivity index (χ1n) is 6.41. The molecule has 0 bridgehead atoms. The Hall–Kier alpha value is -1.79. The molecule has 0 saturated heterocycles. The molecule has 3 rings (SSSR count). The zero-order valence-electron chi connectivity index (χ0n) is 10.8. The van der Waals surface area contributed by atoms with E-state index in [9.17, 15) is 0 Å². The van der Waals surface area contributed by atoms with Crippen LogP contribution in [0, 0.1) is 0 Å². The van der Waals surface area contributed by atoms with E-state index in [0.717, 1.165) is 34.9 Å². The molecule has 102 valence electrons. The van der Waals surface area contributed by atoms with Gasteiger partial charge in [0.15, 0.2) is 11.5 Å². The summed E-state index contributed by atoms with van der Waals surface area (Å²) in [5.74, 6) is 2.38. The Morgan fingerprint density at radius 3 is 2.89 bits per heavy atom. The fourth-order valence-corrected chi connectivity index (χ4v) is 2.23. The number of hydrogen-bond acceptors (Lipinski definition) is 5. The van der Waals surface area contributed by atoms with Gasteiger partial charge in [0.25, 0.3) is 0 Å². The van der Waals surface area contributed by atoms with Crippen LogP contribution < -0.4 is 9.47 Å². The highest BCUT2D eigenvalue weighted by Gasteiger charge is 2.16. The summed E-state index contributed by atoms with van der Waals surface area (Å²) in [5.41, 5.74) is 1.82. The van der Waals surface area contributed by atoms with E-state index in [1.807, 2.05) is 12.1 Å². The van der Waals surface area contributed by atoms with Crippen LogP contribution in [-0.4, -0.2) is 46.5 Å². The third-order valence-corrected chi connectivity index (χ3v) is 3.26. The van der Waals surface area contributed by atoms with E-state index >= 15 is 0 Å². The predicted octanol–water partition coefficient (Wildman–Crippen LogP) is 1.11. The number of benzene rings is 1. The number of likely N-dealkylation sites (N-methyl/N-ethyl adjacent to an activating group) is 1. The van der Waals surface area contributed by atoms with Gasteiger partial charge in [-0.25, -0.2) is 4.98 Å². The number of aromatic amines is 1. The van der Waals surface area contributed by atoms with Gasteiger partial charge in [-0.15, -0.1) is 0 Å². The number of nitrogens with one attached hydrogen (secondary N) is 1. The lowest BCUT2D eigenvalue weighted by Gasteiger charge is -2.16. The van der Waals surface area contributed by atoms with Gasteiger partial charge in [-0.3, -0.25) is 4.90 Å². The van der Waals surface area contributed by atoms with Crippen LogP contribution in [0.2, 0.25) is 0 Å². The number of rotatable bonds is 5. The molecular weight excluding hydrogens is 246 g/mol. The zero-order valence-corrected chi connectivity index (χ0v) is 10.8. The Bertz CT molecular complexity index is 541. The summed E-state index contributed by atoms with van der Waals surface area (Å²) in [6.07, 6.45) is 0. The Kier molecular flexibility index (Phi) is 3.27. The molecule has 19 heavy (non-hydrogen) atoms. The van der Waals surface area contributed by atoms with Crippen molar-refractivity contribution in [1.82, 2.24) is 14.9 Å². The lowest BCUT2D eigenvalue weighted by Crippen LogP contribution is -2.26.